The lowest BCUT2D eigenvalue weighted by Crippen LogP contribution is -2.27. The Morgan fingerprint density at radius 3 is 2.55 bits per heavy atom. The van der Waals surface area contributed by atoms with Crippen LogP contribution in [0.15, 0.2) is 44.3 Å². The predicted octanol–water partition coefficient (Wildman–Crippen LogP) is 2.75. The molecule has 0 aliphatic carbocycles. The van der Waals surface area contributed by atoms with Gasteiger partial charge in [-0.25, -0.2) is 8.42 Å². The number of sulfonamides is 1. The zero-order chi connectivity index (χ0) is 14.9. The van der Waals surface area contributed by atoms with E-state index in [2.05, 4.69) is 15.9 Å². The zero-order valence-electron chi connectivity index (χ0n) is 11.1. The van der Waals surface area contributed by atoms with Crippen molar-refractivity contribution in [3.8, 4) is 0 Å². The minimum Gasteiger partial charge on any atom is -0.453 e. The van der Waals surface area contributed by atoms with Crippen molar-refractivity contribution in [2.75, 3.05) is 12.8 Å². The molecule has 0 bridgehead atoms. The molecule has 2 aromatic rings. The Morgan fingerprint density at radius 2 is 2.00 bits per heavy atom. The number of nitrogen functional groups attached to an aromatic ring is 1. The lowest BCUT2D eigenvalue weighted by Gasteiger charge is -2.17. The van der Waals surface area contributed by atoms with Crippen LogP contribution in [0.4, 0.5) is 5.69 Å². The number of hydrogen-bond donors (Lipinski definition) is 1. The molecular formula is C13H15BrN2O3S. The van der Waals surface area contributed by atoms with E-state index in [1.807, 2.05) is 0 Å². The van der Waals surface area contributed by atoms with Crippen LogP contribution in [0.2, 0.25) is 0 Å². The smallest absolute Gasteiger partial charge is 0.243 e. The third kappa shape index (κ3) is 3.05. The topological polar surface area (TPSA) is 76.5 Å². The van der Waals surface area contributed by atoms with Crippen molar-refractivity contribution in [2.24, 2.45) is 0 Å². The molecule has 0 aliphatic rings. The minimum absolute atomic E-state index is 0.164. The van der Waals surface area contributed by atoms with E-state index in [9.17, 15) is 8.42 Å². The summed E-state index contributed by atoms with van der Waals surface area (Å²) < 4.78 is 32.2. The fourth-order valence-corrected chi connectivity index (χ4v) is 3.55. The van der Waals surface area contributed by atoms with Gasteiger partial charge in [-0.05, 0) is 58.7 Å². The van der Waals surface area contributed by atoms with Gasteiger partial charge >= 0.3 is 0 Å². The van der Waals surface area contributed by atoms with Crippen LogP contribution in [0, 0.1) is 6.92 Å². The van der Waals surface area contributed by atoms with Crippen LogP contribution in [0.1, 0.15) is 11.3 Å². The lowest BCUT2D eigenvalue weighted by molar-refractivity contribution is 0.398. The van der Waals surface area contributed by atoms with Crippen molar-refractivity contribution in [2.45, 2.75) is 18.4 Å². The molecular weight excluding hydrogens is 344 g/mol. The molecule has 1 aromatic heterocycles. The van der Waals surface area contributed by atoms with E-state index >= 15 is 0 Å². The van der Waals surface area contributed by atoms with Gasteiger partial charge in [0.05, 0.1) is 11.4 Å². The van der Waals surface area contributed by atoms with Crippen LogP contribution in [-0.4, -0.2) is 19.8 Å². The average molecular weight is 359 g/mol. The van der Waals surface area contributed by atoms with E-state index < -0.39 is 10.0 Å². The Balaban J connectivity index is 2.29. The van der Waals surface area contributed by atoms with Gasteiger partial charge in [0.2, 0.25) is 10.0 Å². The summed E-state index contributed by atoms with van der Waals surface area (Å²) in [6, 6.07) is 8.20. The molecule has 0 radical (unpaired) electrons. The number of halogens is 1. The Bertz CT molecular complexity index is 725. The van der Waals surface area contributed by atoms with Gasteiger partial charge in [0.25, 0.3) is 0 Å². The number of anilines is 1. The van der Waals surface area contributed by atoms with E-state index in [4.69, 9.17) is 10.2 Å². The summed E-state index contributed by atoms with van der Waals surface area (Å²) in [6.45, 7) is 1.89. The van der Waals surface area contributed by atoms with Gasteiger partial charge in [0.15, 0.2) is 4.67 Å². The van der Waals surface area contributed by atoms with Gasteiger partial charge < -0.3 is 10.2 Å². The van der Waals surface area contributed by atoms with Gasteiger partial charge in [-0.2, -0.15) is 4.31 Å². The fraction of sp³-hybridized carbons (Fsp3) is 0.231. The molecule has 2 N–H and O–H groups in total. The number of benzene rings is 1. The molecule has 0 spiro atoms. The van der Waals surface area contributed by atoms with Gasteiger partial charge in [-0.3, -0.25) is 0 Å². The zero-order valence-corrected chi connectivity index (χ0v) is 13.5. The summed E-state index contributed by atoms with van der Waals surface area (Å²) in [4.78, 5) is 0.250. The Morgan fingerprint density at radius 1 is 1.30 bits per heavy atom. The Hall–Kier alpha value is -1.31. The standard InChI is InChI=1S/C13H15BrN2O3S/c1-9-7-10(15)3-5-12(9)20(17,18)16(2)8-11-4-6-13(14)19-11/h3-7H,8,15H2,1-2H3. The third-order valence-electron chi connectivity index (χ3n) is 2.89. The number of aryl methyl sites for hydroxylation is 1. The second kappa shape index (κ2) is 5.59. The van der Waals surface area contributed by atoms with Crippen molar-refractivity contribution in [3.05, 3.63) is 46.3 Å². The van der Waals surface area contributed by atoms with Crippen molar-refractivity contribution < 1.29 is 12.8 Å². The minimum atomic E-state index is -3.57. The molecule has 2 rings (SSSR count). The summed E-state index contributed by atoms with van der Waals surface area (Å²) >= 11 is 3.19. The van der Waals surface area contributed by atoms with Crippen LogP contribution in [-0.2, 0) is 16.6 Å². The summed E-state index contributed by atoms with van der Waals surface area (Å²) in [5, 5.41) is 0. The third-order valence-corrected chi connectivity index (χ3v) is 5.28. The number of nitrogens with zero attached hydrogens (tertiary/aromatic N) is 1. The van der Waals surface area contributed by atoms with Gasteiger partial charge in [0.1, 0.15) is 5.76 Å². The molecule has 0 amide bonds. The lowest BCUT2D eigenvalue weighted by atomic mass is 10.2. The predicted molar refractivity (Wildman–Crippen MR) is 80.7 cm³/mol. The van der Waals surface area contributed by atoms with Crippen molar-refractivity contribution in [1.29, 1.82) is 0 Å². The molecule has 0 saturated heterocycles. The van der Waals surface area contributed by atoms with Gasteiger partial charge in [-0.1, -0.05) is 0 Å². The van der Waals surface area contributed by atoms with Crippen LogP contribution in [0.3, 0.4) is 0 Å². The summed E-state index contributed by atoms with van der Waals surface area (Å²) in [7, 11) is -2.06. The molecule has 1 heterocycles. The first kappa shape index (κ1) is 15.1. The molecule has 0 aliphatic heterocycles. The number of hydrogen-bond acceptors (Lipinski definition) is 4. The Kier molecular flexibility index (Phi) is 4.22. The molecule has 7 heteroatoms. The second-order valence-electron chi connectivity index (χ2n) is 4.49. The normalized spacial score (nSPS) is 12.0. The first-order valence-corrected chi connectivity index (χ1v) is 8.10. The second-order valence-corrected chi connectivity index (χ2v) is 7.29. The number of furan rings is 1. The van der Waals surface area contributed by atoms with E-state index in [-0.39, 0.29) is 11.4 Å². The molecule has 0 unspecified atom stereocenters. The first-order chi connectivity index (χ1) is 9.30. The van der Waals surface area contributed by atoms with E-state index in [1.165, 1.54) is 17.4 Å². The van der Waals surface area contributed by atoms with Crippen molar-refractivity contribution in [3.63, 3.8) is 0 Å². The quantitative estimate of drug-likeness (QED) is 0.852. The summed E-state index contributed by atoms with van der Waals surface area (Å²) in [5.74, 6) is 0.566. The van der Waals surface area contributed by atoms with E-state index in [0.29, 0.717) is 21.7 Å². The van der Waals surface area contributed by atoms with Gasteiger partial charge in [-0.15, -0.1) is 0 Å². The van der Waals surface area contributed by atoms with Gasteiger partial charge in [0, 0.05) is 12.7 Å². The molecule has 0 fully saturated rings. The van der Waals surface area contributed by atoms with Crippen molar-refractivity contribution in [1.82, 2.24) is 4.31 Å². The highest BCUT2D eigenvalue weighted by molar-refractivity contribution is 9.10. The Labute approximate surface area is 126 Å². The average Bonchev–Trinajstić information content (AvgIpc) is 2.74. The van der Waals surface area contributed by atoms with Crippen LogP contribution in [0.5, 0.6) is 0 Å². The van der Waals surface area contributed by atoms with E-state index in [1.54, 1.807) is 31.2 Å². The monoisotopic (exact) mass is 358 g/mol. The van der Waals surface area contributed by atoms with Crippen LogP contribution in [0.25, 0.3) is 0 Å². The molecule has 0 saturated carbocycles. The highest BCUT2D eigenvalue weighted by Crippen LogP contribution is 2.23. The molecule has 1 aromatic carbocycles. The number of nitrogens with two attached hydrogens (primary N) is 1. The van der Waals surface area contributed by atoms with Crippen molar-refractivity contribution >= 4 is 31.6 Å². The van der Waals surface area contributed by atoms with Crippen LogP contribution >= 0.6 is 15.9 Å². The molecule has 108 valence electrons. The highest BCUT2D eigenvalue weighted by atomic mass is 79.9. The molecule has 0 atom stereocenters. The maximum absolute atomic E-state index is 12.5. The molecule has 20 heavy (non-hydrogen) atoms. The maximum atomic E-state index is 12.5. The maximum Gasteiger partial charge on any atom is 0.243 e. The highest BCUT2D eigenvalue weighted by Gasteiger charge is 2.23. The summed E-state index contributed by atoms with van der Waals surface area (Å²) in [5.41, 5.74) is 6.81. The summed E-state index contributed by atoms with van der Waals surface area (Å²) in [6.07, 6.45) is 0. The first-order valence-electron chi connectivity index (χ1n) is 5.87. The fourth-order valence-electron chi connectivity index (χ4n) is 1.87. The van der Waals surface area contributed by atoms with Crippen LogP contribution < -0.4 is 5.73 Å². The largest absolute Gasteiger partial charge is 0.453 e. The SMILES string of the molecule is Cc1cc(N)ccc1S(=O)(=O)N(C)Cc1ccc(Br)o1. The molecule has 5 nitrogen and oxygen atoms in total. The number of rotatable bonds is 4. The van der Waals surface area contributed by atoms with E-state index in [0.717, 1.165) is 0 Å².